The summed E-state index contributed by atoms with van der Waals surface area (Å²) in [4.78, 5) is 4.31. The predicted molar refractivity (Wildman–Crippen MR) is 80.8 cm³/mol. The minimum absolute atomic E-state index is 0.0179. The van der Waals surface area contributed by atoms with E-state index in [1.807, 2.05) is 0 Å². The van der Waals surface area contributed by atoms with Crippen LogP contribution in [0.15, 0.2) is 18.2 Å². The molecule has 0 saturated carbocycles. The average molecular weight is 313 g/mol. The smallest absolute Gasteiger partial charge is 0.388 e. The third kappa shape index (κ3) is 2.88. The van der Waals surface area contributed by atoms with Crippen molar-refractivity contribution < 1.29 is 22.4 Å². The molecule has 0 unspecified atom stereocenters. The van der Waals surface area contributed by atoms with Crippen LogP contribution in [-0.4, -0.2) is 43.2 Å². The van der Waals surface area contributed by atoms with Crippen molar-refractivity contribution in [1.29, 1.82) is 0 Å². The molecule has 1 saturated heterocycles. The number of H-pyrrole nitrogens is 1. The van der Waals surface area contributed by atoms with Crippen molar-refractivity contribution in [3.63, 3.8) is 0 Å². The van der Waals surface area contributed by atoms with Crippen LogP contribution >= 0.6 is 0 Å². The molecule has 6 heteroatoms. The summed E-state index contributed by atoms with van der Waals surface area (Å²) >= 11 is 0. The molecular weight excluding hydrogens is 290 g/mol. The van der Waals surface area contributed by atoms with Crippen LogP contribution in [0.3, 0.4) is 0 Å². The SMILES string of the molecule is [2H]C([2H])([2H])N1CCC[C@@H]1Cc1c(OC(F)F)[nH]c2ccc(OC)cc12. The van der Waals surface area contributed by atoms with Crippen molar-refractivity contribution in [3.8, 4) is 11.6 Å². The molecule has 3 rings (SSSR count). The Morgan fingerprint density at radius 1 is 1.50 bits per heavy atom. The Morgan fingerprint density at radius 2 is 2.36 bits per heavy atom. The fourth-order valence-corrected chi connectivity index (χ4v) is 3.00. The number of rotatable bonds is 5. The van der Waals surface area contributed by atoms with Gasteiger partial charge in [0, 0.05) is 26.6 Å². The van der Waals surface area contributed by atoms with E-state index >= 15 is 0 Å². The summed E-state index contributed by atoms with van der Waals surface area (Å²) in [5.74, 6) is 0.575. The number of aromatic amines is 1. The Balaban J connectivity index is 2.00. The largest absolute Gasteiger partial charge is 0.497 e. The molecule has 0 amide bonds. The number of likely N-dealkylation sites (tertiary alicyclic amines) is 1. The summed E-state index contributed by atoms with van der Waals surface area (Å²) in [6, 6.07) is 4.94. The van der Waals surface area contributed by atoms with Gasteiger partial charge in [-0.2, -0.15) is 8.78 Å². The van der Waals surface area contributed by atoms with Gasteiger partial charge in [-0.05, 0) is 51.0 Å². The maximum atomic E-state index is 12.8. The first-order valence-electron chi connectivity index (χ1n) is 8.69. The lowest BCUT2D eigenvalue weighted by Crippen LogP contribution is -2.27. The number of hydrogen-bond acceptors (Lipinski definition) is 3. The van der Waals surface area contributed by atoms with Crippen molar-refractivity contribution in [1.82, 2.24) is 9.88 Å². The highest BCUT2D eigenvalue weighted by molar-refractivity contribution is 5.87. The number of nitrogens with one attached hydrogen (secondary N) is 1. The van der Waals surface area contributed by atoms with E-state index in [9.17, 15) is 8.78 Å². The van der Waals surface area contributed by atoms with Crippen LogP contribution in [0.1, 0.15) is 22.5 Å². The average Bonchev–Trinajstić information content (AvgIpc) is 3.12. The van der Waals surface area contributed by atoms with Gasteiger partial charge in [-0.25, -0.2) is 0 Å². The van der Waals surface area contributed by atoms with Crippen molar-refractivity contribution >= 4 is 10.9 Å². The molecular formula is C16H20F2N2O2. The zero-order valence-electron chi connectivity index (χ0n) is 15.2. The topological polar surface area (TPSA) is 37.5 Å². The molecule has 1 aromatic heterocycles. The minimum Gasteiger partial charge on any atom is -0.497 e. The number of aromatic nitrogens is 1. The monoisotopic (exact) mass is 313 g/mol. The molecule has 0 spiro atoms. The van der Waals surface area contributed by atoms with Gasteiger partial charge < -0.3 is 19.4 Å². The van der Waals surface area contributed by atoms with E-state index in [0.29, 0.717) is 41.6 Å². The van der Waals surface area contributed by atoms with Crippen molar-refractivity contribution in [2.75, 3.05) is 20.6 Å². The van der Waals surface area contributed by atoms with Gasteiger partial charge >= 0.3 is 6.61 Å². The summed E-state index contributed by atoms with van der Waals surface area (Å²) in [5.41, 5.74) is 1.19. The van der Waals surface area contributed by atoms with Gasteiger partial charge in [-0.15, -0.1) is 0 Å². The van der Waals surface area contributed by atoms with Gasteiger partial charge in [0.05, 0.1) is 7.11 Å². The van der Waals surface area contributed by atoms with Gasteiger partial charge in [0.2, 0.25) is 5.88 Å². The number of hydrogen-bond donors (Lipinski definition) is 1. The van der Waals surface area contributed by atoms with Crippen LogP contribution in [0.5, 0.6) is 11.6 Å². The van der Waals surface area contributed by atoms with Gasteiger partial charge in [-0.1, -0.05) is 0 Å². The Bertz CT molecular complexity index is 749. The minimum atomic E-state index is -2.96. The van der Waals surface area contributed by atoms with Crippen molar-refractivity contribution in [2.45, 2.75) is 31.9 Å². The van der Waals surface area contributed by atoms with Crippen LogP contribution in [0.4, 0.5) is 8.78 Å². The molecule has 1 N–H and O–H groups in total. The summed E-state index contributed by atoms with van der Waals surface area (Å²) in [6.07, 6.45) is 1.77. The highest BCUT2D eigenvalue weighted by Crippen LogP contribution is 2.34. The van der Waals surface area contributed by atoms with E-state index in [1.165, 1.54) is 12.0 Å². The van der Waals surface area contributed by atoms with E-state index in [4.69, 9.17) is 8.85 Å². The quantitative estimate of drug-likeness (QED) is 0.919. The fourth-order valence-electron chi connectivity index (χ4n) is 3.00. The van der Waals surface area contributed by atoms with Crippen LogP contribution in [-0.2, 0) is 6.42 Å². The number of ether oxygens (including phenoxy) is 2. The number of nitrogens with zero attached hydrogens (tertiary/aromatic N) is 1. The summed E-state index contributed by atoms with van der Waals surface area (Å²) in [7, 11) is 1.53. The van der Waals surface area contributed by atoms with Gasteiger partial charge in [0.25, 0.3) is 0 Å². The Hall–Kier alpha value is -1.82. The summed E-state index contributed by atoms with van der Waals surface area (Å²) in [6.45, 7) is -4.69. The molecule has 2 aromatic rings. The van der Waals surface area contributed by atoms with E-state index in [2.05, 4.69) is 9.72 Å². The van der Waals surface area contributed by atoms with Crippen LogP contribution < -0.4 is 9.47 Å². The normalized spacial score (nSPS) is 21.8. The zero-order valence-corrected chi connectivity index (χ0v) is 12.2. The molecule has 4 nitrogen and oxygen atoms in total. The summed E-state index contributed by atoms with van der Waals surface area (Å²) < 4.78 is 58.4. The molecule has 0 radical (unpaired) electrons. The molecule has 0 aliphatic carbocycles. The third-order valence-corrected chi connectivity index (χ3v) is 4.10. The lowest BCUT2D eigenvalue weighted by molar-refractivity contribution is -0.0530. The maximum absolute atomic E-state index is 12.8. The second kappa shape index (κ2) is 6.12. The number of likely N-dealkylation sites (N-methyl/N-ethyl adjacent to an activating group) is 1. The standard InChI is InChI=1S/C16H20F2N2O2/c1-20-7-3-4-10(20)8-13-12-9-11(21-2)5-6-14(12)19-15(13)22-16(17)18/h5-6,9-10,16,19H,3-4,7-8H2,1-2H3/t10-/m1/s1/i1D3. The first-order valence-corrected chi connectivity index (χ1v) is 7.19. The first-order chi connectivity index (χ1) is 11.8. The zero-order chi connectivity index (χ0) is 18.2. The highest BCUT2D eigenvalue weighted by atomic mass is 19.3. The third-order valence-electron chi connectivity index (χ3n) is 4.10. The Morgan fingerprint density at radius 3 is 3.09 bits per heavy atom. The molecule has 0 bridgehead atoms. The fraction of sp³-hybridized carbons (Fsp3) is 0.500. The van der Waals surface area contributed by atoms with Crippen LogP contribution in [0.25, 0.3) is 10.9 Å². The van der Waals surface area contributed by atoms with Gasteiger partial charge in [-0.3, -0.25) is 0 Å². The first kappa shape index (κ1) is 11.7. The highest BCUT2D eigenvalue weighted by Gasteiger charge is 2.25. The number of alkyl halides is 2. The van der Waals surface area contributed by atoms with Crippen molar-refractivity contribution in [3.05, 3.63) is 23.8 Å². The van der Waals surface area contributed by atoms with E-state index < -0.39 is 13.6 Å². The molecule has 2 heterocycles. The summed E-state index contributed by atoms with van der Waals surface area (Å²) in [5, 5.41) is 0.701. The van der Waals surface area contributed by atoms with E-state index in [1.54, 1.807) is 18.2 Å². The molecule has 1 fully saturated rings. The van der Waals surface area contributed by atoms with Gasteiger partial charge in [0.1, 0.15) is 5.75 Å². The maximum Gasteiger partial charge on any atom is 0.388 e. The molecule has 120 valence electrons. The number of fused-ring (bicyclic) bond motifs is 1. The second-order valence-electron chi connectivity index (χ2n) is 5.42. The predicted octanol–water partition coefficient (Wildman–Crippen LogP) is 3.41. The van der Waals surface area contributed by atoms with Crippen molar-refractivity contribution in [2.24, 2.45) is 0 Å². The second-order valence-corrected chi connectivity index (χ2v) is 5.42. The number of halogens is 2. The Labute approximate surface area is 132 Å². The molecule has 22 heavy (non-hydrogen) atoms. The Kier molecular flexibility index (Phi) is 3.26. The molecule has 1 atom stereocenters. The molecule has 1 aliphatic rings. The van der Waals surface area contributed by atoms with E-state index in [-0.39, 0.29) is 11.9 Å². The number of benzene rings is 1. The lowest BCUT2D eigenvalue weighted by atomic mass is 10.0. The van der Waals surface area contributed by atoms with Crippen LogP contribution in [0.2, 0.25) is 0 Å². The lowest BCUT2D eigenvalue weighted by Gasteiger charge is -2.19. The molecule has 1 aromatic carbocycles. The molecule has 1 aliphatic heterocycles. The van der Waals surface area contributed by atoms with E-state index in [0.717, 1.165) is 6.42 Å². The van der Waals surface area contributed by atoms with Gasteiger partial charge in [0.15, 0.2) is 0 Å². The number of methoxy groups -OCH3 is 1. The van der Waals surface area contributed by atoms with Crippen LogP contribution in [0, 0.1) is 0 Å².